The van der Waals surface area contributed by atoms with Crippen LogP contribution < -0.4 is 5.32 Å². The molecule has 1 N–H and O–H groups in total. The molecule has 1 saturated heterocycles. The van der Waals surface area contributed by atoms with Crippen LogP contribution in [-0.2, 0) is 14.8 Å². The zero-order chi connectivity index (χ0) is 17.2. The molecule has 7 nitrogen and oxygen atoms in total. The Morgan fingerprint density at radius 2 is 2.09 bits per heavy atom. The van der Waals surface area contributed by atoms with Crippen LogP contribution in [0.15, 0.2) is 23.1 Å². The highest BCUT2D eigenvalue weighted by Gasteiger charge is 2.24. The summed E-state index contributed by atoms with van der Waals surface area (Å²) in [5.41, 5.74) is 0.989. The van der Waals surface area contributed by atoms with E-state index in [1.54, 1.807) is 19.1 Å². The number of hydrogen-bond donors (Lipinski definition) is 1. The van der Waals surface area contributed by atoms with Crippen molar-refractivity contribution in [3.05, 3.63) is 23.8 Å². The van der Waals surface area contributed by atoms with E-state index >= 15 is 0 Å². The van der Waals surface area contributed by atoms with E-state index in [4.69, 9.17) is 0 Å². The van der Waals surface area contributed by atoms with Crippen molar-refractivity contribution in [3.63, 3.8) is 0 Å². The van der Waals surface area contributed by atoms with Gasteiger partial charge < -0.3 is 10.2 Å². The maximum Gasteiger partial charge on any atom is 0.282 e. The first-order valence-electron chi connectivity index (χ1n) is 6.96. The molecule has 1 aliphatic heterocycles. The number of anilines is 1. The highest BCUT2D eigenvalue weighted by atomic mass is 32.2. The van der Waals surface area contributed by atoms with E-state index in [2.05, 4.69) is 5.32 Å². The molecule has 1 aliphatic rings. The van der Waals surface area contributed by atoms with Gasteiger partial charge in [0, 0.05) is 32.1 Å². The maximum absolute atomic E-state index is 12.3. The number of aryl methyl sites for hydroxylation is 1. The van der Waals surface area contributed by atoms with Crippen LogP contribution in [0.3, 0.4) is 0 Å². The fourth-order valence-corrected chi connectivity index (χ4v) is 4.06. The van der Waals surface area contributed by atoms with Crippen LogP contribution in [0.5, 0.6) is 0 Å². The van der Waals surface area contributed by atoms with Crippen molar-refractivity contribution in [2.24, 2.45) is 0 Å². The van der Waals surface area contributed by atoms with Crippen molar-refractivity contribution in [1.82, 2.24) is 9.21 Å². The minimum Gasteiger partial charge on any atom is -0.325 e. The number of amides is 2. The van der Waals surface area contributed by atoms with Crippen LogP contribution in [0.1, 0.15) is 5.56 Å². The summed E-state index contributed by atoms with van der Waals surface area (Å²) < 4.78 is 25.7. The van der Waals surface area contributed by atoms with Crippen molar-refractivity contribution < 1.29 is 18.0 Å². The second-order valence-corrected chi connectivity index (χ2v) is 8.52. The number of nitrogens with zero attached hydrogens (tertiary/aromatic N) is 2. The largest absolute Gasteiger partial charge is 0.325 e. The van der Waals surface area contributed by atoms with Crippen LogP contribution in [0.25, 0.3) is 0 Å². The van der Waals surface area contributed by atoms with E-state index < -0.39 is 10.0 Å². The van der Waals surface area contributed by atoms with Gasteiger partial charge in [-0.15, -0.1) is 0 Å². The first-order chi connectivity index (χ1) is 10.7. The van der Waals surface area contributed by atoms with Gasteiger partial charge in [-0.25, -0.2) is 12.7 Å². The van der Waals surface area contributed by atoms with E-state index in [0.29, 0.717) is 23.5 Å². The first kappa shape index (κ1) is 17.8. The Morgan fingerprint density at radius 3 is 2.65 bits per heavy atom. The summed E-state index contributed by atoms with van der Waals surface area (Å²) in [5.74, 6) is 0.333. The van der Waals surface area contributed by atoms with Crippen molar-refractivity contribution >= 4 is 38.6 Å². The average molecular weight is 357 g/mol. The quantitative estimate of drug-likeness (QED) is 0.860. The third-order valence-corrected chi connectivity index (χ3v) is 6.26. The number of rotatable bonds is 5. The van der Waals surface area contributed by atoms with Gasteiger partial charge in [0.05, 0.1) is 4.90 Å². The van der Waals surface area contributed by atoms with Crippen molar-refractivity contribution in [2.45, 2.75) is 11.8 Å². The van der Waals surface area contributed by atoms with E-state index in [1.165, 1.54) is 36.8 Å². The lowest BCUT2D eigenvalue weighted by atomic mass is 10.2. The molecule has 0 bridgehead atoms. The topological polar surface area (TPSA) is 86.8 Å². The number of thioether (sulfide) groups is 1. The van der Waals surface area contributed by atoms with Gasteiger partial charge in [-0.3, -0.25) is 9.59 Å². The normalized spacial score (nSPS) is 15.3. The Kier molecular flexibility index (Phi) is 5.33. The molecule has 2 rings (SSSR count). The van der Waals surface area contributed by atoms with Gasteiger partial charge in [0.15, 0.2) is 0 Å². The number of sulfonamides is 1. The second kappa shape index (κ2) is 6.90. The summed E-state index contributed by atoms with van der Waals surface area (Å²) in [5, 5.41) is 2.53. The Balaban J connectivity index is 2.15. The SMILES string of the molecule is Cc1ccc(NC(=O)CN2CCSC2=O)cc1S(=O)(=O)N(C)C. The lowest BCUT2D eigenvalue weighted by molar-refractivity contribution is -0.116. The van der Waals surface area contributed by atoms with Crippen molar-refractivity contribution in [2.75, 3.05) is 38.3 Å². The number of hydrogen-bond acceptors (Lipinski definition) is 5. The smallest absolute Gasteiger partial charge is 0.282 e. The molecule has 0 saturated carbocycles. The van der Waals surface area contributed by atoms with Gasteiger partial charge in [0.1, 0.15) is 6.54 Å². The van der Waals surface area contributed by atoms with Gasteiger partial charge in [-0.2, -0.15) is 0 Å². The molecule has 0 radical (unpaired) electrons. The maximum atomic E-state index is 12.3. The molecule has 2 amide bonds. The fraction of sp³-hybridized carbons (Fsp3) is 0.429. The molecule has 23 heavy (non-hydrogen) atoms. The molecule has 0 aromatic heterocycles. The average Bonchev–Trinajstić information content (AvgIpc) is 2.86. The summed E-state index contributed by atoms with van der Waals surface area (Å²) in [6.07, 6.45) is 0. The fourth-order valence-electron chi connectivity index (χ4n) is 2.10. The van der Waals surface area contributed by atoms with Crippen LogP contribution in [0, 0.1) is 6.92 Å². The molecule has 9 heteroatoms. The summed E-state index contributed by atoms with van der Waals surface area (Å²) in [6, 6.07) is 4.72. The second-order valence-electron chi connectivity index (χ2n) is 5.35. The molecule has 0 aliphatic carbocycles. The molecular weight excluding hydrogens is 338 g/mol. The number of benzene rings is 1. The van der Waals surface area contributed by atoms with Crippen LogP contribution in [0.2, 0.25) is 0 Å². The molecular formula is C14H19N3O4S2. The van der Waals surface area contributed by atoms with Gasteiger partial charge in [0.2, 0.25) is 15.9 Å². The predicted octanol–water partition coefficient (Wildman–Crippen LogP) is 1.35. The monoisotopic (exact) mass is 357 g/mol. The summed E-state index contributed by atoms with van der Waals surface area (Å²) in [4.78, 5) is 25.1. The summed E-state index contributed by atoms with van der Waals surface area (Å²) in [6.45, 7) is 2.21. The van der Waals surface area contributed by atoms with Crippen LogP contribution in [-0.4, -0.2) is 61.7 Å². The zero-order valence-electron chi connectivity index (χ0n) is 13.2. The molecule has 0 atom stereocenters. The van der Waals surface area contributed by atoms with E-state index in [1.807, 2.05) is 0 Å². The number of nitrogens with one attached hydrogen (secondary N) is 1. The minimum atomic E-state index is -3.58. The molecule has 126 valence electrons. The molecule has 1 heterocycles. The molecule has 0 unspecified atom stereocenters. The van der Waals surface area contributed by atoms with Gasteiger partial charge in [0.25, 0.3) is 5.24 Å². The van der Waals surface area contributed by atoms with E-state index in [9.17, 15) is 18.0 Å². The highest BCUT2D eigenvalue weighted by Crippen LogP contribution is 2.23. The molecule has 1 aromatic carbocycles. The van der Waals surface area contributed by atoms with Gasteiger partial charge >= 0.3 is 0 Å². The Hall–Kier alpha value is -1.58. The first-order valence-corrected chi connectivity index (χ1v) is 9.39. The van der Waals surface area contributed by atoms with Crippen molar-refractivity contribution in [1.29, 1.82) is 0 Å². The highest BCUT2D eigenvalue weighted by molar-refractivity contribution is 8.13. The number of carbonyl (C=O) groups excluding carboxylic acids is 2. The van der Waals surface area contributed by atoms with Gasteiger partial charge in [-0.1, -0.05) is 17.8 Å². The minimum absolute atomic E-state index is 0.0323. The summed E-state index contributed by atoms with van der Waals surface area (Å²) >= 11 is 1.19. The van der Waals surface area contributed by atoms with Crippen molar-refractivity contribution in [3.8, 4) is 0 Å². The Morgan fingerprint density at radius 1 is 1.39 bits per heavy atom. The Labute approximate surface area is 140 Å². The van der Waals surface area contributed by atoms with Crippen LogP contribution in [0.4, 0.5) is 10.5 Å². The third-order valence-electron chi connectivity index (χ3n) is 3.41. The number of carbonyl (C=O) groups is 2. The zero-order valence-corrected chi connectivity index (χ0v) is 14.8. The van der Waals surface area contributed by atoms with Gasteiger partial charge in [-0.05, 0) is 24.6 Å². The molecule has 0 spiro atoms. The van der Waals surface area contributed by atoms with Crippen LogP contribution >= 0.6 is 11.8 Å². The standard InChI is InChI=1S/C14H19N3O4S2/c1-10-4-5-11(8-12(10)23(20,21)16(2)3)15-13(18)9-17-6-7-22-14(17)19/h4-5,8H,6-7,9H2,1-3H3,(H,15,18). The lowest BCUT2D eigenvalue weighted by Gasteiger charge is -2.16. The van der Waals surface area contributed by atoms with E-state index in [-0.39, 0.29) is 22.6 Å². The summed E-state index contributed by atoms with van der Waals surface area (Å²) in [7, 11) is -0.673. The predicted molar refractivity (Wildman–Crippen MR) is 90.1 cm³/mol. The molecule has 1 fully saturated rings. The third kappa shape index (κ3) is 4.04. The lowest BCUT2D eigenvalue weighted by Crippen LogP contribution is -2.33. The molecule has 1 aromatic rings. The Bertz CT molecular complexity index is 732. The van der Waals surface area contributed by atoms with E-state index in [0.717, 1.165) is 4.31 Å².